The third-order valence-electron chi connectivity index (χ3n) is 8.87. The van der Waals surface area contributed by atoms with Gasteiger partial charge in [0, 0.05) is 13.0 Å². The molecule has 226 valence electrons. The maximum Gasteiger partial charge on any atom is 0.329 e. The van der Waals surface area contributed by atoms with Crippen molar-refractivity contribution in [3.8, 4) is 22.3 Å². The molecule has 0 unspecified atom stereocenters. The van der Waals surface area contributed by atoms with Crippen molar-refractivity contribution < 1.29 is 19.4 Å². The maximum atomic E-state index is 13.9. The van der Waals surface area contributed by atoms with Gasteiger partial charge < -0.3 is 14.7 Å². The van der Waals surface area contributed by atoms with Gasteiger partial charge in [0.2, 0.25) is 5.91 Å². The van der Waals surface area contributed by atoms with Crippen LogP contribution in [0.2, 0.25) is 0 Å². The molecule has 1 fully saturated rings. The minimum atomic E-state index is -1.66. The fourth-order valence-corrected chi connectivity index (χ4v) is 6.35. The molecule has 6 rings (SSSR count). The summed E-state index contributed by atoms with van der Waals surface area (Å²) in [7, 11) is 0. The van der Waals surface area contributed by atoms with Crippen LogP contribution in [0, 0.1) is 5.92 Å². The maximum absolute atomic E-state index is 13.9. The first kappa shape index (κ1) is 30.0. The minimum absolute atomic E-state index is 0.0794. The molecule has 1 N–H and O–H groups in total. The van der Waals surface area contributed by atoms with Crippen LogP contribution >= 0.6 is 0 Å². The Morgan fingerprint density at radius 1 is 0.733 bits per heavy atom. The van der Waals surface area contributed by atoms with E-state index in [1.807, 2.05) is 146 Å². The predicted molar refractivity (Wildman–Crippen MR) is 177 cm³/mol. The van der Waals surface area contributed by atoms with Crippen molar-refractivity contribution in [3.05, 3.63) is 156 Å². The molecule has 1 aliphatic heterocycles. The third kappa shape index (κ3) is 6.17. The number of ether oxygens (including phenoxy) is 1. The van der Waals surface area contributed by atoms with Gasteiger partial charge in [-0.25, -0.2) is 4.79 Å². The van der Waals surface area contributed by atoms with Crippen LogP contribution in [-0.4, -0.2) is 34.0 Å². The van der Waals surface area contributed by atoms with Crippen LogP contribution in [0.25, 0.3) is 22.3 Å². The number of nitrogens with zero attached hydrogens (tertiary/aromatic N) is 1. The van der Waals surface area contributed by atoms with Crippen LogP contribution in [0.5, 0.6) is 0 Å². The third-order valence-corrected chi connectivity index (χ3v) is 8.87. The quantitative estimate of drug-likeness (QED) is 0.178. The highest BCUT2D eigenvalue weighted by Gasteiger charge is 2.46. The Morgan fingerprint density at radius 2 is 1.16 bits per heavy atom. The van der Waals surface area contributed by atoms with Crippen LogP contribution in [0.3, 0.4) is 0 Å². The van der Waals surface area contributed by atoms with E-state index in [0.717, 1.165) is 27.8 Å². The molecule has 5 aromatic carbocycles. The fourth-order valence-electron chi connectivity index (χ4n) is 6.35. The molecule has 1 heterocycles. The van der Waals surface area contributed by atoms with Crippen LogP contribution in [0.1, 0.15) is 37.0 Å². The molecule has 0 radical (unpaired) electrons. The molecule has 5 aromatic rings. The highest BCUT2D eigenvalue weighted by atomic mass is 16.6. The van der Waals surface area contributed by atoms with E-state index < -0.39 is 23.7 Å². The topological polar surface area (TPSA) is 66.8 Å². The number of benzene rings is 5. The Bertz CT molecular complexity index is 1650. The fraction of sp³-hybridized carbons (Fsp3) is 0.200. The van der Waals surface area contributed by atoms with Gasteiger partial charge in [-0.1, -0.05) is 146 Å². The van der Waals surface area contributed by atoms with E-state index >= 15 is 0 Å². The molecule has 0 bridgehead atoms. The van der Waals surface area contributed by atoms with E-state index in [4.69, 9.17) is 4.74 Å². The first-order valence-corrected chi connectivity index (χ1v) is 15.4. The smallest absolute Gasteiger partial charge is 0.329 e. The Hall–Kier alpha value is -5.00. The first-order valence-electron chi connectivity index (χ1n) is 15.4. The number of aliphatic hydroxyl groups is 1. The molecule has 1 amide bonds. The van der Waals surface area contributed by atoms with Gasteiger partial charge >= 0.3 is 5.97 Å². The van der Waals surface area contributed by atoms with Gasteiger partial charge in [-0.15, -0.1) is 0 Å². The second-order valence-electron chi connectivity index (χ2n) is 11.9. The monoisotopic (exact) mass is 595 g/mol. The summed E-state index contributed by atoms with van der Waals surface area (Å²) in [5.74, 6) is -0.814. The van der Waals surface area contributed by atoms with Crippen LogP contribution in [0.15, 0.2) is 140 Å². The molecule has 45 heavy (non-hydrogen) atoms. The second-order valence-corrected chi connectivity index (χ2v) is 11.9. The van der Waals surface area contributed by atoms with Gasteiger partial charge in [0.15, 0.2) is 5.60 Å². The second kappa shape index (κ2) is 12.9. The minimum Gasteiger partial charge on any atom is -0.457 e. The lowest BCUT2D eigenvalue weighted by Gasteiger charge is -2.36. The van der Waals surface area contributed by atoms with Crippen molar-refractivity contribution >= 4 is 11.9 Å². The highest BCUT2D eigenvalue weighted by molar-refractivity contribution is 5.89. The van der Waals surface area contributed by atoms with Crippen molar-refractivity contribution in [2.45, 2.75) is 44.6 Å². The Morgan fingerprint density at radius 3 is 1.62 bits per heavy atom. The Balaban J connectivity index is 1.32. The Kier molecular flexibility index (Phi) is 8.63. The predicted octanol–water partition coefficient (Wildman–Crippen LogP) is 7.63. The van der Waals surface area contributed by atoms with E-state index in [0.29, 0.717) is 17.7 Å². The van der Waals surface area contributed by atoms with Gasteiger partial charge in [0.1, 0.15) is 12.1 Å². The normalized spacial score (nSPS) is 17.2. The number of carbonyl (C=O) groups excluding carboxylic acids is 2. The summed E-state index contributed by atoms with van der Waals surface area (Å²) >= 11 is 0. The van der Waals surface area contributed by atoms with E-state index in [9.17, 15) is 14.7 Å². The molecule has 0 spiro atoms. The Labute approximate surface area is 264 Å². The summed E-state index contributed by atoms with van der Waals surface area (Å²) in [6.45, 7) is 3.94. The van der Waals surface area contributed by atoms with Gasteiger partial charge in [0.05, 0.1) is 0 Å². The molecular formula is C40H37NO4. The zero-order chi connectivity index (χ0) is 31.4. The molecule has 5 nitrogen and oxygen atoms in total. The summed E-state index contributed by atoms with van der Waals surface area (Å²) in [5, 5.41) is 12.6. The highest BCUT2D eigenvalue weighted by Crippen LogP contribution is 2.38. The number of rotatable bonds is 9. The molecule has 0 saturated carbocycles. The summed E-state index contributed by atoms with van der Waals surface area (Å²) in [5.41, 5.74) is 4.66. The van der Waals surface area contributed by atoms with Crippen LogP contribution < -0.4 is 0 Å². The van der Waals surface area contributed by atoms with Crippen molar-refractivity contribution in [1.82, 2.24) is 4.90 Å². The van der Waals surface area contributed by atoms with Crippen molar-refractivity contribution in [2.24, 2.45) is 5.92 Å². The summed E-state index contributed by atoms with van der Waals surface area (Å²) in [4.78, 5) is 28.5. The van der Waals surface area contributed by atoms with E-state index in [-0.39, 0.29) is 18.2 Å². The van der Waals surface area contributed by atoms with Crippen molar-refractivity contribution in [3.63, 3.8) is 0 Å². The van der Waals surface area contributed by atoms with Crippen LogP contribution in [0.4, 0.5) is 0 Å². The SMILES string of the molecule is C[C@@H]1CC(=O)N(Cc2ccccc2)[C@@H]1C(=O)O[C@@H](C)C(O)(c1ccc(-c2ccccc2)cc1)c1ccc(-c2ccccc2)cc1. The van der Waals surface area contributed by atoms with Gasteiger partial charge in [0.25, 0.3) is 0 Å². The zero-order valence-corrected chi connectivity index (χ0v) is 25.5. The van der Waals surface area contributed by atoms with Crippen LogP contribution in [-0.2, 0) is 26.5 Å². The van der Waals surface area contributed by atoms with Crippen molar-refractivity contribution in [1.29, 1.82) is 0 Å². The summed E-state index contributed by atoms with van der Waals surface area (Å²) < 4.78 is 6.14. The molecule has 5 heteroatoms. The lowest BCUT2D eigenvalue weighted by molar-refractivity contribution is -0.168. The largest absolute Gasteiger partial charge is 0.457 e. The molecule has 1 aliphatic rings. The van der Waals surface area contributed by atoms with Crippen molar-refractivity contribution in [2.75, 3.05) is 0 Å². The van der Waals surface area contributed by atoms with Gasteiger partial charge in [-0.05, 0) is 51.8 Å². The summed E-state index contributed by atoms with van der Waals surface area (Å²) in [6.07, 6.45) is -0.690. The van der Waals surface area contributed by atoms with E-state index in [1.54, 1.807) is 11.8 Å². The molecule has 0 aliphatic carbocycles. The molecule has 3 atom stereocenters. The number of hydrogen-bond donors (Lipinski definition) is 1. The number of amides is 1. The lowest BCUT2D eigenvalue weighted by Crippen LogP contribution is -2.47. The van der Waals surface area contributed by atoms with E-state index in [2.05, 4.69) is 0 Å². The van der Waals surface area contributed by atoms with Gasteiger partial charge in [-0.3, -0.25) is 4.79 Å². The molecular weight excluding hydrogens is 558 g/mol. The average molecular weight is 596 g/mol. The van der Waals surface area contributed by atoms with Gasteiger partial charge in [-0.2, -0.15) is 0 Å². The average Bonchev–Trinajstić information content (AvgIpc) is 3.37. The summed E-state index contributed by atoms with van der Waals surface area (Å²) in [6, 6.07) is 44.4. The molecule has 1 saturated heterocycles. The number of esters is 1. The standard InChI is InChI=1S/C40H37NO4/c1-28-26-37(42)41(27-30-12-6-3-7-13-30)38(28)39(43)45-29(2)40(44,35-22-18-33(19-23-35)31-14-8-4-9-15-31)36-24-20-34(21-25-36)32-16-10-5-11-17-32/h3-25,28-29,38,44H,26-27H2,1-2H3/t28-,29+,38+/m1/s1. The zero-order valence-electron chi connectivity index (χ0n) is 25.5. The lowest BCUT2D eigenvalue weighted by atomic mass is 9.81. The molecule has 0 aromatic heterocycles. The van der Waals surface area contributed by atoms with E-state index in [1.165, 1.54) is 0 Å². The first-order chi connectivity index (χ1) is 21.8. The number of carbonyl (C=O) groups is 2. The number of hydrogen-bond acceptors (Lipinski definition) is 4. The number of likely N-dealkylation sites (tertiary alicyclic amines) is 1.